The predicted molar refractivity (Wildman–Crippen MR) is 253 cm³/mol. The van der Waals surface area contributed by atoms with Crippen LogP contribution in [0.2, 0.25) is 0 Å². The van der Waals surface area contributed by atoms with Gasteiger partial charge in [-0.25, -0.2) is 9.59 Å². The molecule has 0 spiro atoms. The maximum absolute atomic E-state index is 14.2. The van der Waals surface area contributed by atoms with Crippen LogP contribution in [-0.2, 0) is 35.7 Å². The molecule has 3 aliphatic rings. The van der Waals surface area contributed by atoms with Crippen LogP contribution >= 0.6 is 0 Å². The molecule has 1 aliphatic carbocycles. The molecule has 2 saturated heterocycles. The standard InChI is InChI=1S/C52H70N6O8/c1-31(2)42(55(8)48(63)64)44(59)57-29-11-27-51(57,46(53)61)37-23-15-33(16-24-37)39-13-10-14-40(41(39)35-19-21-36(22-20-35)50(5,6)7)34-17-25-38(26-18-34)52(47(54)62)28-12-30-58(52)45(60)43(32(3)4)56(9)49(65)66/h15-26,31-32,39-43H,10-14,27-30H2,1-9H3,(H2,53,61)(H2,54,62)(H,63,64)(H,65,66)/t39?,40?,41?,42-,43-,51-,52-/m0/s1. The van der Waals surface area contributed by atoms with E-state index in [-0.39, 0.29) is 48.1 Å². The normalized spacial score (nSPS) is 24.3. The van der Waals surface area contributed by atoms with Crippen molar-refractivity contribution in [1.29, 1.82) is 0 Å². The zero-order chi connectivity index (χ0) is 48.6. The number of primary amides is 2. The lowest BCUT2D eigenvalue weighted by atomic mass is 9.64. The fraction of sp³-hybridized carbons (Fsp3) is 0.538. The number of carbonyl (C=O) groups excluding carboxylic acids is 4. The number of likely N-dealkylation sites (tertiary alicyclic amines) is 2. The highest BCUT2D eigenvalue weighted by Gasteiger charge is 2.54. The molecule has 3 aromatic rings. The Morgan fingerprint density at radius 3 is 1.24 bits per heavy atom. The lowest BCUT2D eigenvalue weighted by molar-refractivity contribution is -0.148. The zero-order valence-corrected chi connectivity index (χ0v) is 40.1. The summed E-state index contributed by atoms with van der Waals surface area (Å²) in [6, 6.07) is 22.7. The summed E-state index contributed by atoms with van der Waals surface area (Å²) in [5.41, 5.74) is 15.2. The van der Waals surface area contributed by atoms with E-state index in [0.717, 1.165) is 40.2 Å². The van der Waals surface area contributed by atoms with Crippen molar-refractivity contribution < 1.29 is 39.0 Å². The lowest BCUT2D eigenvalue weighted by Crippen LogP contribution is -2.59. The Balaban J connectivity index is 1.39. The van der Waals surface area contributed by atoms with Crippen molar-refractivity contribution in [3.63, 3.8) is 0 Å². The first-order valence-electron chi connectivity index (χ1n) is 23.5. The topological polar surface area (TPSA) is 208 Å². The number of hydrogen-bond donors (Lipinski definition) is 4. The molecule has 14 nitrogen and oxygen atoms in total. The van der Waals surface area contributed by atoms with Gasteiger partial charge in [0.05, 0.1) is 0 Å². The monoisotopic (exact) mass is 907 g/mol. The van der Waals surface area contributed by atoms with Gasteiger partial charge in [0.25, 0.3) is 0 Å². The minimum atomic E-state index is -1.44. The van der Waals surface area contributed by atoms with Crippen LogP contribution in [0.1, 0.15) is 145 Å². The third-order valence-corrected chi connectivity index (χ3v) is 15.0. The zero-order valence-electron chi connectivity index (χ0n) is 40.1. The molecular formula is C52H70N6O8. The van der Waals surface area contributed by atoms with Crippen molar-refractivity contribution in [2.75, 3.05) is 27.2 Å². The Morgan fingerprint density at radius 1 is 0.591 bits per heavy atom. The maximum Gasteiger partial charge on any atom is 0.407 e. The fourth-order valence-corrected chi connectivity index (χ4v) is 11.6. The van der Waals surface area contributed by atoms with Crippen molar-refractivity contribution in [3.05, 3.63) is 106 Å². The van der Waals surface area contributed by atoms with E-state index in [4.69, 9.17) is 11.5 Å². The molecule has 2 heterocycles. The summed E-state index contributed by atoms with van der Waals surface area (Å²) in [6.45, 7) is 14.2. The number of benzene rings is 3. The van der Waals surface area contributed by atoms with Crippen LogP contribution < -0.4 is 11.5 Å². The van der Waals surface area contributed by atoms with E-state index in [0.29, 0.717) is 36.8 Å². The van der Waals surface area contributed by atoms with Crippen LogP contribution in [0.25, 0.3) is 0 Å². The van der Waals surface area contributed by atoms with E-state index >= 15 is 0 Å². The van der Waals surface area contributed by atoms with Crippen molar-refractivity contribution >= 4 is 35.8 Å². The van der Waals surface area contributed by atoms with Crippen LogP contribution in [0.15, 0.2) is 72.8 Å². The molecule has 0 radical (unpaired) electrons. The van der Waals surface area contributed by atoms with E-state index in [1.165, 1.54) is 35.0 Å². The highest BCUT2D eigenvalue weighted by Crippen LogP contribution is 2.53. The van der Waals surface area contributed by atoms with Crippen molar-refractivity contribution in [2.45, 2.75) is 140 Å². The van der Waals surface area contributed by atoms with Gasteiger partial charge in [0.2, 0.25) is 23.6 Å². The molecule has 3 aromatic carbocycles. The molecule has 3 fully saturated rings. The van der Waals surface area contributed by atoms with Gasteiger partial charge in [-0.1, -0.05) is 128 Å². The minimum absolute atomic E-state index is 0.0190. The van der Waals surface area contributed by atoms with Crippen LogP contribution in [0.3, 0.4) is 0 Å². The Bertz CT molecular complexity index is 2160. The number of likely N-dealkylation sites (N-methyl/N-ethyl adjacent to an activating group) is 2. The average Bonchev–Trinajstić information content (AvgIpc) is 3.93. The van der Waals surface area contributed by atoms with Gasteiger partial charge in [-0.2, -0.15) is 0 Å². The van der Waals surface area contributed by atoms with Crippen LogP contribution in [0, 0.1) is 11.8 Å². The van der Waals surface area contributed by atoms with Gasteiger partial charge < -0.3 is 31.5 Å². The van der Waals surface area contributed by atoms with Crippen molar-refractivity contribution in [2.24, 2.45) is 23.3 Å². The fourth-order valence-electron chi connectivity index (χ4n) is 11.6. The number of carboxylic acid groups (broad SMARTS) is 2. The molecule has 2 aliphatic heterocycles. The van der Waals surface area contributed by atoms with Gasteiger partial charge in [0, 0.05) is 27.2 Å². The second-order valence-electron chi connectivity index (χ2n) is 20.6. The molecular weight excluding hydrogens is 837 g/mol. The van der Waals surface area contributed by atoms with E-state index < -0.39 is 59.0 Å². The van der Waals surface area contributed by atoms with E-state index in [1.54, 1.807) is 27.7 Å². The first-order valence-corrected chi connectivity index (χ1v) is 23.5. The van der Waals surface area contributed by atoms with Gasteiger partial charge in [-0.05, 0) is 107 Å². The Hall–Kier alpha value is -5.92. The first kappa shape index (κ1) is 49.5. The molecule has 6 rings (SSSR count). The third-order valence-electron chi connectivity index (χ3n) is 15.0. The molecule has 0 aromatic heterocycles. The van der Waals surface area contributed by atoms with Gasteiger partial charge in [-0.15, -0.1) is 0 Å². The summed E-state index contributed by atoms with van der Waals surface area (Å²) in [6.07, 6.45) is 1.95. The number of rotatable bonds is 13. The Morgan fingerprint density at radius 2 is 0.939 bits per heavy atom. The van der Waals surface area contributed by atoms with Crippen LogP contribution in [0.4, 0.5) is 9.59 Å². The Labute approximate surface area is 389 Å². The minimum Gasteiger partial charge on any atom is -0.465 e. The number of carbonyl (C=O) groups is 6. The molecule has 66 heavy (non-hydrogen) atoms. The average molecular weight is 907 g/mol. The first-order chi connectivity index (χ1) is 31.0. The SMILES string of the molecule is CC(C)[C@@H](C(=O)N1CCC[C@@]1(C(N)=O)c1ccc(C2CCCC(c3ccc([C@]4(C(N)=O)CCCN4C(=O)[C@H](C(C)C)N(C)C(=O)O)cc3)C2c2ccc(C(C)(C)C)cc2)cc1)N(C)C(=O)O. The molecule has 0 bridgehead atoms. The van der Waals surface area contributed by atoms with E-state index in [2.05, 4.69) is 45.0 Å². The van der Waals surface area contributed by atoms with Gasteiger partial charge >= 0.3 is 12.2 Å². The highest BCUT2D eigenvalue weighted by molar-refractivity contribution is 5.96. The van der Waals surface area contributed by atoms with Crippen LogP contribution in [0.5, 0.6) is 0 Å². The molecule has 356 valence electrons. The molecule has 6 N–H and O–H groups in total. The largest absolute Gasteiger partial charge is 0.465 e. The molecule has 2 unspecified atom stereocenters. The summed E-state index contributed by atoms with van der Waals surface area (Å²) in [5, 5.41) is 19.7. The predicted octanol–water partition coefficient (Wildman–Crippen LogP) is 7.69. The van der Waals surface area contributed by atoms with Gasteiger partial charge in [0.1, 0.15) is 23.2 Å². The molecule has 1 saturated carbocycles. The summed E-state index contributed by atoms with van der Waals surface area (Å²) >= 11 is 0. The van der Waals surface area contributed by atoms with Crippen molar-refractivity contribution in [3.8, 4) is 0 Å². The maximum atomic E-state index is 14.2. The lowest BCUT2D eigenvalue weighted by Gasteiger charge is -2.42. The smallest absolute Gasteiger partial charge is 0.407 e. The number of nitrogens with zero attached hydrogens (tertiary/aromatic N) is 4. The number of nitrogens with two attached hydrogens (primary N) is 2. The molecule has 6 atom stereocenters. The highest BCUT2D eigenvalue weighted by atomic mass is 16.4. The summed E-state index contributed by atoms with van der Waals surface area (Å²) in [4.78, 5) is 84.8. The van der Waals surface area contributed by atoms with E-state index in [9.17, 15) is 39.0 Å². The van der Waals surface area contributed by atoms with E-state index in [1.807, 2.05) is 48.5 Å². The second kappa shape index (κ2) is 19.1. The summed E-state index contributed by atoms with van der Waals surface area (Å²) in [7, 11) is 2.75. The second-order valence-corrected chi connectivity index (χ2v) is 20.6. The van der Waals surface area contributed by atoms with Crippen molar-refractivity contribution in [1.82, 2.24) is 19.6 Å². The summed E-state index contributed by atoms with van der Waals surface area (Å²) < 4.78 is 0. The van der Waals surface area contributed by atoms with Gasteiger partial charge in [-0.3, -0.25) is 29.0 Å². The summed E-state index contributed by atoms with van der Waals surface area (Å²) in [5.74, 6) is -2.79. The third kappa shape index (κ3) is 8.87. The molecule has 14 heteroatoms. The van der Waals surface area contributed by atoms with Gasteiger partial charge in [0.15, 0.2) is 0 Å². The quantitative estimate of drug-likeness (QED) is 0.133. The molecule has 6 amide bonds. The Kier molecular flexibility index (Phi) is 14.3. The number of hydrogen-bond acceptors (Lipinski definition) is 6. The van der Waals surface area contributed by atoms with Crippen LogP contribution in [-0.4, -0.2) is 105 Å². The number of amides is 6.